The van der Waals surface area contributed by atoms with Crippen LogP contribution in [0.2, 0.25) is 0 Å². The van der Waals surface area contributed by atoms with Crippen molar-refractivity contribution < 1.29 is 24.0 Å². The molecule has 1 aliphatic carbocycles. The Morgan fingerprint density at radius 2 is 1.91 bits per heavy atom. The normalized spacial score (nSPS) is 26.8. The molecule has 2 aliphatic rings. The van der Waals surface area contributed by atoms with E-state index in [1.807, 2.05) is 0 Å². The van der Waals surface area contributed by atoms with Crippen molar-refractivity contribution in [1.29, 1.82) is 0 Å². The molecule has 23 heavy (non-hydrogen) atoms. The molecule has 8 nitrogen and oxygen atoms in total. The smallest absolute Gasteiger partial charge is 0.332 e. The second kappa shape index (κ2) is 6.27. The number of rotatable bonds is 4. The molecule has 3 rings (SSSR count). The average Bonchev–Trinajstić information content (AvgIpc) is 3.17. The average molecular weight is 323 g/mol. The minimum atomic E-state index is -1.03. The van der Waals surface area contributed by atoms with Gasteiger partial charge in [-0.2, -0.15) is 4.98 Å². The Morgan fingerprint density at radius 3 is 2.48 bits per heavy atom. The number of amides is 1. The number of hydrogen-bond donors (Lipinski definition) is 2. The van der Waals surface area contributed by atoms with Crippen molar-refractivity contribution >= 4 is 11.9 Å². The summed E-state index contributed by atoms with van der Waals surface area (Å²) in [6, 6.07) is 0. The summed E-state index contributed by atoms with van der Waals surface area (Å²) in [5.41, 5.74) is -0.641. The molecule has 126 valence electrons. The van der Waals surface area contributed by atoms with Gasteiger partial charge in [-0.3, -0.25) is 4.79 Å². The molecule has 0 unspecified atom stereocenters. The molecule has 1 aromatic heterocycles. The molecule has 2 N–H and O–H groups in total. The van der Waals surface area contributed by atoms with Gasteiger partial charge < -0.3 is 19.7 Å². The van der Waals surface area contributed by atoms with Gasteiger partial charge in [-0.15, -0.1) is 0 Å². The fourth-order valence-corrected chi connectivity index (χ4v) is 3.38. The molecule has 8 heteroatoms. The van der Waals surface area contributed by atoms with Crippen LogP contribution in [0.4, 0.5) is 0 Å². The van der Waals surface area contributed by atoms with Crippen LogP contribution in [0.1, 0.15) is 56.7 Å². The molecule has 2 fully saturated rings. The first kappa shape index (κ1) is 15.9. The number of hydrogen-bond acceptors (Lipinski definition) is 6. The summed E-state index contributed by atoms with van der Waals surface area (Å²) in [5, 5.41) is 16.0. The summed E-state index contributed by atoms with van der Waals surface area (Å²) >= 11 is 0. The topological polar surface area (TPSA) is 115 Å². The Kier molecular flexibility index (Phi) is 4.34. The third-order valence-electron chi connectivity index (χ3n) is 4.61. The number of aryl methyl sites for hydroxylation is 1. The highest BCUT2D eigenvalue weighted by Gasteiger charge is 2.43. The molecule has 1 saturated carbocycles. The lowest BCUT2D eigenvalue weighted by atomic mass is 9.80. The molecular formula is C15H21N3O5. The summed E-state index contributed by atoms with van der Waals surface area (Å²) < 4.78 is 10.4. The number of nitrogens with zero attached hydrogens (tertiary/aromatic N) is 2. The van der Waals surface area contributed by atoms with Gasteiger partial charge in [-0.25, -0.2) is 4.79 Å². The summed E-state index contributed by atoms with van der Waals surface area (Å²) in [4.78, 5) is 27.8. The first-order valence-electron chi connectivity index (χ1n) is 8.01. The van der Waals surface area contributed by atoms with Gasteiger partial charge >= 0.3 is 5.97 Å². The first-order valence-corrected chi connectivity index (χ1v) is 8.01. The second-order valence-electron chi connectivity index (χ2n) is 6.30. The van der Waals surface area contributed by atoms with Gasteiger partial charge in [0.2, 0.25) is 11.8 Å². The highest BCUT2D eigenvalue weighted by Crippen LogP contribution is 2.36. The van der Waals surface area contributed by atoms with Crippen molar-refractivity contribution in [2.24, 2.45) is 0 Å². The molecule has 0 spiro atoms. The van der Waals surface area contributed by atoms with E-state index in [9.17, 15) is 9.59 Å². The van der Waals surface area contributed by atoms with Gasteiger partial charge in [0, 0.05) is 6.92 Å². The zero-order chi connectivity index (χ0) is 16.4. The van der Waals surface area contributed by atoms with Crippen molar-refractivity contribution in [1.82, 2.24) is 15.5 Å². The Balaban J connectivity index is 1.74. The lowest BCUT2D eigenvalue weighted by Gasteiger charge is -2.36. The van der Waals surface area contributed by atoms with E-state index in [-0.39, 0.29) is 5.91 Å². The Hall–Kier alpha value is -1.96. The zero-order valence-electron chi connectivity index (χ0n) is 13.1. The second-order valence-corrected chi connectivity index (χ2v) is 6.30. The van der Waals surface area contributed by atoms with Gasteiger partial charge in [0.25, 0.3) is 0 Å². The van der Waals surface area contributed by atoms with Crippen LogP contribution in [0, 0.1) is 6.92 Å². The number of carbonyl (C=O) groups excluding carboxylic acids is 1. The summed E-state index contributed by atoms with van der Waals surface area (Å²) in [5.74, 6) is -0.363. The zero-order valence-corrected chi connectivity index (χ0v) is 13.1. The molecule has 0 bridgehead atoms. The Labute approximate surface area is 133 Å². The number of ether oxygens (including phenoxy) is 1. The van der Waals surface area contributed by atoms with Crippen LogP contribution in [-0.2, 0) is 19.9 Å². The van der Waals surface area contributed by atoms with Crippen LogP contribution in [0.15, 0.2) is 4.52 Å². The van der Waals surface area contributed by atoms with Crippen LogP contribution < -0.4 is 5.32 Å². The molecule has 2 heterocycles. The van der Waals surface area contributed by atoms with E-state index in [2.05, 4.69) is 15.5 Å². The van der Waals surface area contributed by atoms with E-state index in [1.165, 1.54) is 0 Å². The van der Waals surface area contributed by atoms with Crippen molar-refractivity contribution in [3.8, 4) is 0 Å². The highest BCUT2D eigenvalue weighted by molar-refractivity contribution is 5.83. The van der Waals surface area contributed by atoms with E-state index in [0.29, 0.717) is 24.6 Å². The number of carboxylic acids is 1. The predicted octanol–water partition coefficient (Wildman–Crippen LogP) is 1.29. The largest absolute Gasteiger partial charge is 0.479 e. The van der Waals surface area contributed by atoms with E-state index in [4.69, 9.17) is 14.4 Å². The number of aromatic nitrogens is 2. The quantitative estimate of drug-likeness (QED) is 0.857. The van der Waals surface area contributed by atoms with Crippen LogP contribution in [0.5, 0.6) is 0 Å². The molecule has 0 radical (unpaired) electrons. The molecule has 1 aromatic rings. The van der Waals surface area contributed by atoms with Gasteiger partial charge in [-0.05, 0) is 25.7 Å². The SMILES string of the molecule is Cc1nc(C2(NC(=O)[C@@H]3CC[C@H](C(=O)O)O3)CCCCC2)no1. The standard InChI is InChI=1S/C15H21N3O5/c1-9-16-14(18-23-9)15(7-3-2-4-8-15)17-12(19)10-5-6-11(22-10)13(20)21/h10-11H,2-8H2,1H3,(H,17,19)(H,20,21)/t10-,11+/m0/s1. The maximum absolute atomic E-state index is 12.6. The van der Waals surface area contributed by atoms with E-state index >= 15 is 0 Å². The highest BCUT2D eigenvalue weighted by atomic mass is 16.5. The molecule has 1 aliphatic heterocycles. The first-order chi connectivity index (χ1) is 11.0. The van der Waals surface area contributed by atoms with E-state index in [0.717, 1.165) is 32.1 Å². The lowest BCUT2D eigenvalue weighted by molar-refractivity contribution is -0.152. The number of carbonyl (C=O) groups is 2. The van der Waals surface area contributed by atoms with Gasteiger partial charge in [0.05, 0.1) is 0 Å². The fraction of sp³-hybridized carbons (Fsp3) is 0.733. The molecule has 0 aromatic carbocycles. The van der Waals surface area contributed by atoms with Crippen LogP contribution >= 0.6 is 0 Å². The van der Waals surface area contributed by atoms with E-state index in [1.54, 1.807) is 6.92 Å². The maximum atomic E-state index is 12.6. The summed E-state index contributed by atoms with van der Waals surface area (Å²) in [6.45, 7) is 1.71. The Bertz CT molecular complexity index is 594. The number of nitrogens with one attached hydrogen (secondary N) is 1. The van der Waals surface area contributed by atoms with Crippen molar-refractivity contribution in [2.75, 3.05) is 0 Å². The van der Waals surface area contributed by atoms with Crippen LogP contribution in [0.3, 0.4) is 0 Å². The van der Waals surface area contributed by atoms with Gasteiger partial charge in [0.15, 0.2) is 11.9 Å². The number of carboxylic acid groups (broad SMARTS) is 1. The fourth-order valence-electron chi connectivity index (χ4n) is 3.38. The monoisotopic (exact) mass is 323 g/mol. The van der Waals surface area contributed by atoms with Crippen molar-refractivity contribution in [3.63, 3.8) is 0 Å². The number of aliphatic carboxylic acids is 1. The van der Waals surface area contributed by atoms with Gasteiger partial charge in [-0.1, -0.05) is 24.4 Å². The maximum Gasteiger partial charge on any atom is 0.332 e. The third kappa shape index (κ3) is 3.21. The lowest BCUT2D eigenvalue weighted by Crippen LogP contribution is -2.51. The molecule has 1 saturated heterocycles. The Morgan fingerprint density at radius 1 is 1.22 bits per heavy atom. The predicted molar refractivity (Wildman–Crippen MR) is 77.5 cm³/mol. The van der Waals surface area contributed by atoms with Crippen molar-refractivity contribution in [3.05, 3.63) is 11.7 Å². The van der Waals surface area contributed by atoms with E-state index < -0.39 is 23.7 Å². The van der Waals surface area contributed by atoms with Crippen LogP contribution in [-0.4, -0.2) is 39.3 Å². The van der Waals surface area contributed by atoms with Crippen molar-refractivity contribution in [2.45, 2.75) is 69.6 Å². The minimum Gasteiger partial charge on any atom is -0.479 e. The summed E-state index contributed by atoms with van der Waals surface area (Å²) in [7, 11) is 0. The molecule has 2 atom stereocenters. The van der Waals surface area contributed by atoms with Gasteiger partial charge in [0.1, 0.15) is 11.6 Å². The molecular weight excluding hydrogens is 302 g/mol. The molecule has 1 amide bonds. The van der Waals surface area contributed by atoms with Crippen LogP contribution in [0.25, 0.3) is 0 Å². The summed E-state index contributed by atoms with van der Waals surface area (Å²) in [6.07, 6.45) is 3.65. The minimum absolute atomic E-state index is 0.293. The third-order valence-corrected chi connectivity index (χ3v) is 4.61.